The van der Waals surface area contributed by atoms with E-state index in [1.807, 2.05) is 54.6 Å². The Kier molecular flexibility index (Phi) is 4.88. The van der Waals surface area contributed by atoms with Gasteiger partial charge in [-0.15, -0.1) is 0 Å². The largest absolute Gasteiger partial charge is 0.488 e. The Balaban J connectivity index is 1.46. The fraction of sp³-hybridized carbons (Fsp3) is 0.286. The summed E-state index contributed by atoms with van der Waals surface area (Å²) >= 11 is 0. The lowest BCUT2D eigenvalue weighted by Crippen LogP contribution is -2.29. The van der Waals surface area contributed by atoms with E-state index in [9.17, 15) is 4.79 Å². The van der Waals surface area contributed by atoms with Crippen molar-refractivity contribution < 1.29 is 14.3 Å². The first-order valence-corrected chi connectivity index (χ1v) is 8.94. The number of fused-ring (bicyclic) bond motifs is 1. The normalized spacial score (nSPS) is 16.7. The second kappa shape index (κ2) is 7.62. The van der Waals surface area contributed by atoms with Crippen LogP contribution in [0.5, 0.6) is 5.75 Å². The number of benzene rings is 2. The Morgan fingerprint density at radius 2 is 2.08 bits per heavy atom. The molecule has 26 heavy (non-hydrogen) atoms. The summed E-state index contributed by atoms with van der Waals surface area (Å²) in [7, 11) is 0. The van der Waals surface area contributed by atoms with E-state index < -0.39 is 0 Å². The molecular formula is C21H22N2O3. The van der Waals surface area contributed by atoms with Gasteiger partial charge in [0.1, 0.15) is 18.1 Å². The van der Waals surface area contributed by atoms with Crippen LogP contribution in [0.1, 0.15) is 22.5 Å². The van der Waals surface area contributed by atoms with Crippen molar-refractivity contribution in [2.45, 2.75) is 13.0 Å². The number of H-pyrrole nitrogens is 1. The number of hydrogen-bond donors (Lipinski definition) is 2. The summed E-state index contributed by atoms with van der Waals surface area (Å²) in [5.41, 5.74) is 2.55. The van der Waals surface area contributed by atoms with E-state index in [-0.39, 0.29) is 5.91 Å². The van der Waals surface area contributed by atoms with Gasteiger partial charge in [0.25, 0.3) is 5.91 Å². The lowest BCUT2D eigenvalue weighted by molar-refractivity contribution is 0.0941. The first kappa shape index (κ1) is 16.7. The van der Waals surface area contributed by atoms with E-state index in [2.05, 4.69) is 10.3 Å². The van der Waals surface area contributed by atoms with Gasteiger partial charge in [-0.1, -0.05) is 36.4 Å². The van der Waals surface area contributed by atoms with Gasteiger partial charge in [-0.05, 0) is 30.2 Å². The van der Waals surface area contributed by atoms with Gasteiger partial charge >= 0.3 is 0 Å². The Hall–Kier alpha value is -2.79. The molecule has 2 heterocycles. The van der Waals surface area contributed by atoms with Crippen LogP contribution in [0, 0.1) is 5.92 Å². The Bertz CT molecular complexity index is 883. The van der Waals surface area contributed by atoms with Crippen molar-refractivity contribution in [3.8, 4) is 5.75 Å². The van der Waals surface area contributed by atoms with Gasteiger partial charge < -0.3 is 19.8 Å². The van der Waals surface area contributed by atoms with E-state index in [1.54, 1.807) is 0 Å². The maximum absolute atomic E-state index is 12.4. The molecule has 4 rings (SSSR count). The van der Waals surface area contributed by atoms with Gasteiger partial charge in [0.2, 0.25) is 0 Å². The van der Waals surface area contributed by atoms with E-state index >= 15 is 0 Å². The van der Waals surface area contributed by atoms with Gasteiger partial charge in [-0.25, -0.2) is 0 Å². The highest BCUT2D eigenvalue weighted by Crippen LogP contribution is 2.27. The van der Waals surface area contributed by atoms with Gasteiger partial charge in [-0.3, -0.25) is 4.79 Å². The lowest BCUT2D eigenvalue weighted by Gasteiger charge is -2.08. The third-order valence-corrected chi connectivity index (χ3v) is 4.68. The zero-order valence-corrected chi connectivity index (χ0v) is 14.5. The topological polar surface area (TPSA) is 63.4 Å². The van der Waals surface area contributed by atoms with Gasteiger partial charge in [-0.2, -0.15) is 0 Å². The molecule has 5 nitrogen and oxygen atoms in total. The number of rotatable bonds is 6. The number of ether oxygens (including phenoxy) is 2. The van der Waals surface area contributed by atoms with E-state index in [0.29, 0.717) is 24.8 Å². The summed E-state index contributed by atoms with van der Waals surface area (Å²) in [5.74, 6) is 1.08. The average Bonchev–Trinajstić information content (AvgIpc) is 3.35. The highest BCUT2D eigenvalue weighted by atomic mass is 16.5. The molecule has 0 radical (unpaired) electrons. The Labute approximate surface area is 152 Å². The maximum atomic E-state index is 12.4. The van der Waals surface area contributed by atoms with Crippen molar-refractivity contribution in [2.24, 2.45) is 5.92 Å². The van der Waals surface area contributed by atoms with Crippen LogP contribution in [-0.2, 0) is 11.3 Å². The third kappa shape index (κ3) is 3.73. The Morgan fingerprint density at radius 3 is 2.88 bits per heavy atom. The molecule has 134 valence electrons. The number of aromatic nitrogens is 1. The fourth-order valence-electron chi connectivity index (χ4n) is 3.19. The molecule has 5 heteroatoms. The molecule has 0 aliphatic carbocycles. The van der Waals surface area contributed by atoms with Crippen molar-refractivity contribution >= 4 is 16.8 Å². The molecule has 1 atom stereocenters. The first-order valence-electron chi connectivity index (χ1n) is 8.94. The minimum Gasteiger partial charge on any atom is -0.488 e. The lowest BCUT2D eigenvalue weighted by atomic mass is 10.1. The summed E-state index contributed by atoms with van der Waals surface area (Å²) in [5, 5.41) is 3.90. The number of aromatic amines is 1. The molecule has 1 aliphatic heterocycles. The van der Waals surface area contributed by atoms with E-state index in [4.69, 9.17) is 9.47 Å². The molecule has 1 saturated heterocycles. The highest BCUT2D eigenvalue weighted by Gasteiger charge is 2.18. The van der Waals surface area contributed by atoms with Crippen molar-refractivity contribution in [3.63, 3.8) is 0 Å². The zero-order valence-electron chi connectivity index (χ0n) is 14.5. The molecule has 0 bridgehead atoms. The molecular weight excluding hydrogens is 328 g/mol. The van der Waals surface area contributed by atoms with Crippen LogP contribution in [0.25, 0.3) is 10.9 Å². The van der Waals surface area contributed by atoms with Crippen LogP contribution >= 0.6 is 0 Å². The first-order chi connectivity index (χ1) is 12.8. The van der Waals surface area contributed by atoms with Crippen LogP contribution in [-0.4, -0.2) is 30.6 Å². The van der Waals surface area contributed by atoms with Gasteiger partial charge in [0, 0.05) is 30.0 Å². The standard InChI is InChI=1S/C21H22N2O3/c24-21(22-12-16-9-10-25-13-16)19-11-17-18(23-19)7-4-8-20(17)26-14-15-5-2-1-3-6-15/h1-8,11,16,23H,9-10,12-14H2,(H,22,24). The van der Waals surface area contributed by atoms with Crippen LogP contribution in [0.2, 0.25) is 0 Å². The Morgan fingerprint density at radius 1 is 1.19 bits per heavy atom. The third-order valence-electron chi connectivity index (χ3n) is 4.68. The van der Waals surface area contributed by atoms with Crippen molar-refractivity contribution in [2.75, 3.05) is 19.8 Å². The summed E-state index contributed by atoms with van der Waals surface area (Å²) in [4.78, 5) is 15.6. The van der Waals surface area contributed by atoms with E-state index in [1.165, 1.54) is 0 Å². The molecule has 1 aliphatic rings. The number of nitrogens with one attached hydrogen (secondary N) is 2. The minimum atomic E-state index is -0.0953. The zero-order chi connectivity index (χ0) is 17.8. The molecule has 0 spiro atoms. The van der Waals surface area contributed by atoms with Crippen LogP contribution in [0.15, 0.2) is 54.6 Å². The molecule has 2 aromatic carbocycles. The summed E-state index contributed by atoms with van der Waals surface area (Å²) < 4.78 is 11.3. The van der Waals surface area contributed by atoms with Crippen LogP contribution < -0.4 is 10.1 Å². The summed E-state index contributed by atoms with van der Waals surface area (Å²) in [6.45, 7) is 2.65. The van der Waals surface area contributed by atoms with Crippen LogP contribution in [0.3, 0.4) is 0 Å². The number of carbonyl (C=O) groups is 1. The average molecular weight is 350 g/mol. The minimum absolute atomic E-state index is 0.0953. The number of amides is 1. The van der Waals surface area contributed by atoms with Crippen molar-refractivity contribution in [1.29, 1.82) is 0 Å². The monoisotopic (exact) mass is 350 g/mol. The number of hydrogen-bond acceptors (Lipinski definition) is 3. The number of carbonyl (C=O) groups excluding carboxylic acids is 1. The molecule has 0 saturated carbocycles. The van der Waals surface area contributed by atoms with Gasteiger partial charge in [0.15, 0.2) is 0 Å². The smallest absolute Gasteiger partial charge is 0.267 e. The second-order valence-corrected chi connectivity index (χ2v) is 6.61. The molecule has 3 aromatic rings. The van der Waals surface area contributed by atoms with Crippen LogP contribution in [0.4, 0.5) is 0 Å². The summed E-state index contributed by atoms with van der Waals surface area (Å²) in [6.07, 6.45) is 1.00. The predicted octanol–water partition coefficient (Wildman–Crippen LogP) is 3.51. The highest BCUT2D eigenvalue weighted by molar-refractivity contribution is 5.99. The molecule has 1 fully saturated rings. The van der Waals surface area contributed by atoms with E-state index in [0.717, 1.165) is 41.9 Å². The second-order valence-electron chi connectivity index (χ2n) is 6.61. The fourth-order valence-corrected chi connectivity index (χ4v) is 3.19. The SMILES string of the molecule is O=C(NCC1CCOC1)c1cc2c(OCc3ccccc3)cccc2[nH]1. The maximum Gasteiger partial charge on any atom is 0.267 e. The molecule has 2 N–H and O–H groups in total. The van der Waals surface area contributed by atoms with Gasteiger partial charge in [0.05, 0.1) is 6.61 Å². The summed E-state index contributed by atoms with van der Waals surface area (Å²) in [6, 6.07) is 17.7. The van der Waals surface area contributed by atoms with Crippen molar-refractivity contribution in [1.82, 2.24) is 10.3 Å². The quantitative estimate of drug-likeness (QED) is 0.715. The molecule has 1 aromatic heterocycles. The predicted molar refractivity (Wildman–Crippen MR) is 100 cm³/mol. The van der Waals surface area contributed by atoms with Crippen molar-refractivity contribution in [3.05, 3.63) is 65.9 Å². The molecule has 1 amide bonds. The molecule has 1 unspecified atom stereocenters.